The third-order valence-corrected chi connectivity index (χ3v) is 1.44. The second-order valence-corrected chi connectivity index (χ2v) is 2.71. The van der Waals surface area contributed by atoms with Crippen molar-refractivity contribution < 1.29 is 9.53 Å². The minimum Gasteiger partial charge on any atom is -0.462 e. The molecule has 0 spiro atoms. The molecule has 80 valence electrons. The average Bonchev–Trinajstić information content (AvgIpc) is 2.28. The zero-order valence-electron chi connectivity index (χ0n) is 8.98. The van der Waals surface area contributed by atoms with E-state index in [1.165, 1.54) is 18.6 Å². The van der Waals surface area contributed by atoms with E-state index in [1.54, 1.807) is 0 Å². The molecule has 0 aliphatic rings. The van der Waals surface area contributed by atoms with E-state index in [1.807, 2.05) is 36.4 Å². The van der Waals surface area contributed by atoms with Crippen LogP contribution in [-0.2, 0) is 9.53 Å². The van der Waals surface area contributed by atoms with Gasteiger partial charge >= 0.3 is 5.97 Å². The van der Waals surface area contributed by atoms with Gasteiger partial charge in [0.1, 0.15) is 6.61 Å². The van der Waals surface area contributed by atoms with Gasteiger partial charge in [-0.25, -0.2) is 0 Å². The standard InChI is InChI=1S/C8H8.C5H8O2/c1-2-8-6-4-3-5-7-8;1-3-4-7-5(2)6/h2-7H,1H2;3H,1,4H2,2H3. The van der Waals surface area contributed by atoms with Gasteiger partial charge in [0.15, 0.2) is 0 Å². The number of hydrogen-bond donors (Lipinski definition) is 0. The summed E-state index contributed by atoms with van der Waals surface area (Å²) in [6, 6.07) is 10.0. The molecule has 0 atom stereocenters. The van der Waals surface area contributed by atoms with E-state index in [0.717, 1.165) is 0 Å². The maximum Gasteiger partial charge on any atom is 0.302 e. The fraction of sp³-hybridized carbons (Fsp3) is 0.154. The minimum atomic E-state index is -0.264. The summed E-state index contributed by atoms with van der Waals surface area (Å²) in [5, 5.41) is 0. The Morgan fingerprint density at radius 3 is 2.20 bits per heavy atom. The fourth-order valence-corrected chi connectivity index (χ4v) is 0.765. The van der Waals surface area contributed by atoms with Crippen LogP contribution in [0.25, 0.3) is 6.08 Å². The minimum absolute atomic E-state index is 0.264. The Labute approximate surface area is 90.9 Å². The molecule has 0 heterocycles. The number of benzene rings is 1. The fourth-order valence-electron chi connectivity index (χ4n) is 0.765. The molecular weight excluding hydrogens is 188 g/mol. The van der Waals surface area contributed by atoms with Crippen molar-refractivity contribution in [1.29, 1.82) is 0 Å². The Morgan fingerprint density at radius 1 is 1.33 bits per heavy atom. The van der Waals surface area contributed by atoms with Crippen LogP contribution in [0.1, 0.15) is 12.5 Å². The van der Waals surface area contributed by atoms with E-state index in [4.69, 9.17) is 0 Å². The molecule has 0 saturated heterocycles. The van der Waals surface area contributed by atoms with E-state index in [0.29, 0.717) is 6.61 Å². The van der Waals surface area contributed by atoms with Crippen molar-refractivity contribution >= 4 is 12.0 Å². The van der Waals surface area contributed by atoms with Crippen LogP contribution in [0, 0.1) is 0 Å². The summed E-state index contributed by atoms with van der Waals surface area (Å²) in [4.78, 5) is 9.93. The highest BCUT2D eigenvalue weighted by molar-refractivity contribution is 5.65. The molecule has 2 heteroatoms. The lowest BCUT2D eigenvalue weighted by Gasteiger charge is -1.90. The molecule has 0 fully saturated rings. The highest BCUT2D eigenvalue weighted by Crippen LogP contribution is 1.97. The summed E-state index contributed by atoms with van der Waals surface area (Å²) in [6.45, 7) is 8.67. The van der Waals surface area contributed by atoms with Crippen molar-refractivity contribution in [1.82, 2.24) is 0 Å². The first-order chi connectivity index (χ1) is 7.20. The summed E-state index contributed by atoms with van der Waals surface area (Å²) < 4.78 is 4.43. The van der Waals surface area contributed by atoms with Gasteiger partial charge in [0.25, 0.3) is 0 Å². The lowest BCUT2D eigenvalue weighted by atomic mass is 10.2. The molecule has 0 saturated carbocycles. The van der Waals surface area contributed by atoms with Crippen molar-refractivity contribution in [2.45, 2.75) is 6.92 Å². The summed E-state index contributed by atoms with van der Waals surface area (Å²) >= 11 is 0. The van der Waals surface area contributed by atoms with Gasteiger partial charge in [-0.15, -0.1) is 0 Å². The Hall–Kier alpha value is -1.83. The first-order valence-electron chi connectivity index (χ1n) is 4.62. The van der Waals surface area contributed by atoms with Crippen LogP contribution in [0.2, 0.25) is 0 Å². The SMILES string of the molecule is C=CCOC(C)=O.C=Cc1ccccc1. The van der Waals surface area contributed by atoms with Gasteiger partial charge in [0, 0.05) is 6.92 Å². The lowest BCUT2D eigenvalue weighted by Crippen LogP contribution is -1.96. The quantitative estimate of drug-likeness (QED) is 0.558. The number of rotatable bonds is 3. The molecule has 2 nitrogen and oxygen atoms in total. The van der Waals surface area contributed by atoms with Crippen LogP contribution >= 0.6 is 0 Å². The molecule has 0 radical (unpaired) electrons. The average molecular weight is 204 g/mol. The zero-order chi connectivity index (χ0) is 11.5. The maximum atomic E-state index is 9.93. The normalized spacial score (nSPS) is 8.07. The summed E-state index contributed by atoms with van der Waals surface area (Å²) in [6.07, 6.45) is 3.36. The number of hydrogen-bond acceptors (Lipinski definition) is 2. The summed E-state index contributed by atoms with van der Waals surface area (Å²) in [5.41, 5.74) is 1.17. The van der Waals surface area contributed by atoms with Crippen LogP contribution in [0.4, 0.5) is 0 Å². The molecular formula is C13H16O2. The molecule has 0 aromatic heterocycles. The smallest absolute Gasteiger partial charge is 0.302 e. The van der Waals surface area contributed by atoms with Gasteiger partial charge in [-0.1, -0.05) is 55.6 Å². The largest absolute Gasteiger partial charge is 0.462 e. The molecule has 0 N–H and O–H groups in total. The Balaban J connectivity index is 0.000000265. The monoisotopic (exact) mass is 204 g/mol. The van der Waals surface area contributed by atoms with Crippen molar-refractivity contribution in [3.05, 3.63) is 55.1 Å². The van der Waals surface area contributed by atoms with E-state index in [2.05, 4.69) is 17.9 Å². The molecule has 0 amide bonds. The number of esters is 1. The zero-order valence-corrected chi connectivity index (χ0v) is 8.98. The molecule has 1 aromatic rings. The van der Waals surface area contributed by atoms with E-state index < -0.39 is 0 Å². The van der Waals surface area contributed by atoms with Crippen LogP contribution in [0.15, 0.2) is 49.6 Å². The van der Waals surface area contributed by atoms with Gasteiger partial charge in [0.2, 0.25) is 0 Å². The topological polar surface area (TPSA) is 26.3 Å². The van der Waals surface area contributed by atoms with Crippen LogP contribution in [0.3, 0.4) is 0 Å². The molecule has 0 aliphatic carbocycles. The highest BCUT2D eigenvalue weighted by Gasteiger charge is 1.83. The molecule has 0 unspecified atom stereocenters. The van der Waals surface area contributed by atoms with Crippen molar-refractivity contribution in [2.75, 3.05) is 6.61 Å². The highest BCUT2D eigenvalue weighted by atomic mass is 16.5. The third kappa shape index (κ3) is 8.50. The van der Waals surface area contributed by atoms with Gasteiger partial charge < -0.3 is 4.74 Å². The van der Waals surface area contributed by atoms with Crippen LogP contribution in [-0.4, -0.2) is 12.6 Å². The Bertz CT molecular complexity index is 302. The second-order valence-electron chi connectivity index (χ2n) is 2.71. The van der Waals surface area contributed by atoms with Gasteiger partial charge in [-0.2, -0.15) is 0 Å². The van der Waals surface area contributed by atoms with E-state index in [9.17, 15) is 4.79 Å². The van der Waals surface area contributed by atoms with Crippen LogP contribution < -0.4 is 0 Å². The lowest BCUT2D eigenvalue weighted by molar-refractivity contribution is -0.139. The maximum absolute atomic E-state index is 9.93. The van der Waals surface area contributed by atoms with E-state index in [-0.39, 0.29) is 5.97 Å². The van der Waals surface area contributed by atoms with Crippen LogP contribution in [0.5, 0.6) is 0 Å². The number of ether oxygens (including phenoxy) is 1. The van der Waals surface area contributed by atoms with Crippen molar-refractivity contribution in [3.63, 3.8) is 0 Å². The first-order valence-corrected chi connectivity index (χ1v) is 4.62. The molecule has 1 aromatic carbocycles. The first kappa shape index (κ1) is 13.2. The number of carbonyl (C=O) groups is 1. The number of carbonyl (C=O) groups excluding carboxylic acids is 1. The van der Waals surface area contributed by atoms with Gasteiger partial charge in [-0.3, -0.25) is 4.79 Å². The Kier molecular flexibility index (Phi) is 7.69. The van der Waals surface area contributed by atoms with Crippen molar-refractivity contribution in [2.24, 2.45) is 0 Å². The predicted molar refractivity (Wildman–Crippen MR) is 63.4 cm³/mol. The summed E-state index contributed by atoms with van der Waals surface area (Å²) in [5.74, 6) is -0.264. The molecule has 0 bridgehead atoms. The molecule has 0 aliphatic heterocycles. The van der Waals surface area contributed by atoms with Gasteiger partial charge in [0.05, 0.1) is 0 Å². The second kappa shape index (κ2) is 8.75. The summed E-state index contributed by atoms with van der Waals surface area (Å²) in [7, 11) is 0. The van der Waals surface area contributed by atoms with Crippen molar-refractivity contribution in [3.8, 4) is 0 Å². The van der Waals surface area contributed by atoms with E-state index >= 15 is 0 Å². The van der Waals surface area contributed by atoms with Gasteiger partial charge in [-0.05, 0) is 5.56 Å². The molecule has 1 rings (SSSR count). The third-order valence-electron chi connectivity index (χ3n) is 1.44. The molecule has 15 heavy (non-hydrogen) atoms. The Morgan fingerprint density at radius 2 is 1.93 bits per heavy atom. The predicted octanol–water partition coefficient (Wildman–Crippen LogP) is 3.07.